The smallest absolute Gasteiger partial charge is 0.335 e. The number of thiophene rings is 1. The van der Waals surface area contributed by atoms with Crippen molar-refractivity contribution in [1.82, 2.24) is 0 Å². The number of aromatic carboxylic acids is 1. The lowest BCUT2D eigenvalue weighted by Gasteiger charge is -2.14. The van der Waals surface area contributed by atoms with E-state index in [1.165, 1.54) is 28.8 Å². The third kappa shape index (κ3) is 2.83. The number of hydrogen-bond donors (Lipinski definition) is 1. The third-order valence-electron chi connectivity index (χ3n) is 2.98. The van der Waals surface area contributed by atoms with E-state index >= 15 is 0 Å². The molecule has 1 aliphatic rings. The number of carbonyl (C=O) groups is 2. The van der Waals surface area contributed by atoms with E-state index in [2.05, 4.69) is 0 Å². The Morgan fingerprint density at radius 3 is 2.55 bits per heavy atom. The van der Waals surface area contributed by atoms with Crippen molar-refractivity contribution in [2.24, 2.45) is 0 Å². The van der Waals surface area contributed by atoms with Crippen LogP contribution in [0.25, 0.3) is 6.08 Å². The number of thioether (sulfide) groups is 1. The molecule has 0 radical (unpaired) electrons. The Balaban J connectivity index is 1.90. The van der Waals surface area contributed by atoms with Gasteiger partial charge >= 0.3 is 5.97 Å². The topological polar surface area (TPSA) is 57.6 Å². The summed E-state index contributed by atoms with van der Waals surface area (Å²) in [7, 11) is 0. The first kappa shape index (κ1) is 15.0. The standard InChI is InChI=1S/C15H9NO3S3/c17-13-12(8-11-2-1-7-21-11)22-15(20)16(13)10-5-3-9(4-6-10)14(18)19/h1-8H,(H,18,19)/b12-8+. The van der Waals surface area contributed by atoms with Gasteiger partial charge < -0.3 is 5.11 Å². The highest BCUT2D eigenvalue weighted by Crippen LogP contribution is 2.36. The average Bonchev–Trinajstić information content (AvgIpc) is 3.09. The third-order valence-corrected chi connectivity index (χ3v) is 5.10. The molecular weight excluding hydrogens is 338 g/mol. The minimum absolute atomic E-state index is 0.170. The summed E-state index contributed by atoms with van der Waals surface area (Å²) in [5.41, 5.74) is 0.741. The van der Waals surface area contributed by atoms with Gasteiger partial charge in [-0.1, -0.05) is 30.0 Å². The average molecular weight is 347 g/mol. The van der Waals surface area contributed by atoms with E-state index in [1.807, 2.05) is 23.6 Å². The molecule has 1 aliphatic heterocycles. The maximum absolute atomic E-state index is 12.5. The van der Waals surface area contributed by atoms with E-state index < -0.39 is 5.97 Å². The summed E-state index contributed by atoms with van der Waals surface area (Å²) in [6.45, 7) is 0. The number of rotatable bonds is 3. The number of carbonyl (C=O) groups excluding carboxylic acids is 1. The van der Waals surface area contributed by atoms with Crippen LogP contribution >= 0.6 is 35.3 Å². The van der Waals surface area contributed by atoms with Crippen LogP contribution in [-0.4, -0.2) is 21.3 Å². The number of amides is 1. The van der Waals surface area contributed by atoms with E-state index in [1.54, 1.807) is 23.5 Å². The summed E-state index contributed by atoms with van der Waals surface area (Å²) in [6.07, 6.45) is 1.82. The van der Waals surface area contributed by atoms with E-state index in [0.29, 0.717) is 14.9 Å². The van der Waals surface area contributed by atoms with Crippen molar-refractivity contribution in [3.8, 4) is 0 Å². The van der Waals surface area contributed by atoms with Crippen molar-refractivity contribution in [3.63, 3.8) is 0 Å². The van der Waals surface area contributed by atoms with Gasteiger partial charge in [0.2, 0.25) is 0 Å². The van der Waals surface area contributed by atoms with Gasteiger partial charge in [-0.05, 0) is 41.8 Å². The zero-order valence-corrected chi connectivity index (χ0v) is 13.5. The Bertz CT molecular complexity index is 779. The van der Waals surface area contributed by atoms with Crippen molar-refractivity contribution in [2.45, 2.75) is 0 Å². The van der Waals surface area contributed by atoms with Crippen LogP contribution in [0.1, 0.15) is 15.2 Å². The molecular formula is C15H9NO3S3. The summed E-state index contributed by atoms with van der Waals surface area (Å²) in [5.74, 6) is -1.19. The van der Waals surface area contributed by atoms with Gasteiger partial charge in [-0.25, -0.2) is 4.79 Å². The van der Waals surface area contributed by atoms with Crippen LogP contribution < -0.4 is 4.90 Å². The van der Waals surface area contributed by atoms with Crippen molar-refractivity contribution < 1.29 is 14.7 Å². The van der Waals surface area contributed by atoms with Crippen molar-refractivity contribution in [2.75, 3.05) is 4.90 Å². The summed E-state index contributed by atoms with van der Waals surface area (Å²) < 4.78 is 0.441. The zero-order chi connectivity index (χ0) is 15.7. The van der Waals surface area contributed by atoms with Crippen LogP contribution in [0.15, 0.2) is 46.7 Å². The van der Waals surface area contributed by atoms with Crippen LogP contribution in [0.5, 0.6) is 0 Å². The van der Waals surface area contributed by atoms with E-state index in [0.717, 1.165) is 4.88 Å². The molecule has 1 fully saturated rings. The Labute approximate surface area is 140 Å². The van der Waals surface area contributed by atoms with Gasteiger partial charge in [0.25, 0.3) is 5.91 Å². The Kier molecular flexibility index (Phi) is 4.10. The predicted molar refractivity (Wildman–Crippen MR) is 93.4 cm³/mol. The van der Waals surface area contributed by atoms with Gasteiger partial charge in [-0.3, -0.25) is 9.69 Å². The second-order valence-corrected chi connectivity index (χ2v) is 7.04. The summed E-state index contributed by atoms with van der Waals surface area (Å²) >= 11 is 8.06. The van der Waals surface area contributed by atoms with E-state index in [4.69, 9.17) is 17.3 Å². The fourth-order valence-corrected chi connectivity index (χ4v) is 3.97. The largest absolute Gasteiger partial charge is 0.478 e. The van der Waals surface area contributed by atoms with Crippen LogP contribution in [0.4, 0.5) is 5.69 Å². The molecule has 1 amide bonds. The molecule has 2 aromatic rings. The molecule has 0 bridgehead atoms. The lowest BCUT2D eigenvalue weighted by atomic mass is 10.2. The minimum atomic E-state index is -1.01. The molecule has 1 N–H and O–H groups in total. The molecule has 3 rings (SSSR count). The number of benzene rings is 1. The maximum Gasteiger partial charge on any atom is 0.335 e. The molecule has 4 nitrogen and oxygen atoms in total. The maximum atomic E-state index is 12.5. The Morgan fingerprint density at radius 2 is 1.95 bits per heavy atom. The molecule has 0 spiro atoms. The normalized spacial score (nSPS) is 16.5. The van der Waals surface area contributed by atoms with Crippen molar-refractivity contribution in [1.29, 1.82) is 0 Å². The van der Waals surface area contributed by atoms with Crippen LogP contribution in [0.2, 0.25) is 0 Å². The fourth-order valence-electron chi connectivity index (χ4n) is 1.95. The first-order valence-corrected chi connectivity index (χ1v) is 8.31. The first-order chi connectivity index (χ1) is 10.6. The molecule has 1 aromatic carbocycles. The van der Waals surface area contributed by atoms with Gasteiger partial charge in [-0.15, -0.1) is 11.3 Å². The Hall–Kier alpha value is -1.96. The number of anilines is 1. The predicted octanol–water partition coefficient (Wildman–Crippen LogP) is 3.85. The highest BCUT2D eigenvalue weighted by atomic mass is 32.2. The molecule has 0 aliphatic carbocycles. The quantitative estimate of drug-likeness (QED) is 0.675. The lowest BCUT2D eigenvalue weighted by molar-refractivity contribution is -0.113. The highest BCUT2D eigenvalue weighted by Gasteiger charge is 2.33. The first-order valence-electron chi connectivity index (χ1n) is 6.21. The van der Waals surface area contributed by atoms with Crippen molar-refractivity contribution in [3.05, 3.63) is 57.1 Å². The fraction of sp³-hybridized carbons (Fsp3) is 0. The van der Waals surface area contributed by atoms with E-state index in [9.17, 15) is 9.59 Å². The molecule has 2 heterocycles. The molecule has 0 unspecified atom stereocenters. The Morgan fingerprint density at radius 1 is 1.23 bits per heavy atom. The monoisotopic (exact) mass is 347 g/mol. The zero-order valence-electron chi connectivity index (χ0n) is 11.1. The second-order valence-electron chi connectivity index (χ2n) is 4.38. The SMILES string of the molecule is O=C(O)c1ccc(N2C(=O)/C(=C\c3cccs3)SC2=S)cc1. The molecule has 22 heavy (non-hydrogen) atoms. The number of carboxylic acid groups (broad SMARTS) is 1. The lowest BCUT2D eigenvalue weighted by Crippen LogP contribution is -2.27. The van der Waals surface area contributed by atoms with Gasteiger partial charge in [0.15, 0.2) is 4.32 Å². The highest BCUT2D eigenvalue weighted by molar-refractivity contribution is 8.27. The molecule has 1 saturated heterocycles. The van der Waals surface area contributed by atoms with Gasteiger partial charge in [-0.2, -0.15) is 0 Å². The number of hydrogen-bond acceptors (Lipinski definition) is 5. The van der Waals surface area contributed by atoms with Gasteiger partial charge in [0, 0.05) is 4.88 Å². The van der Waals surface area contributed by atoms with Crippen LogP contribution in [0.3, 0.4) is 0 Å². The second kappa shape index (κ2) is 6.04. The number of thiocarbonyl (C=S) groups is 1. The van der Waals surface area contributed by atoms with Crippen molar-refractivity contribution >= 4 is 63.3 Å². The molecule has 1 aromatic heterocycles. The summed E-state index contributed by atoms with van der Waals surface area (Å²) in [4.78, 5) is 26.3. The molecule has 0 atom stereocenters. The van der Waals surface area contributed by atoms with Crippen LogP contribution in [0, 0.1) is 0 Å². The van der Waals surface area contributed by atoms with E-state index in [-0.39, 0.29) is 11.5 Å². The van der Waals surface area contributed by atoms with Crippen LogP contribution in [-0.2, 0) is 4.79 Å². The molecule has 0 saturated carbocycles. The number of nitrogens with zero attached hydrogens (tertiary/aromatic N) is 1. The van der Waals surface area contributed by atoms with Gasteiger partial charge in [0.1, 0.15) is 0 Å². The minimum Gasteiger partial charge on any atom is -0.478 e. The van der Waals surface area contributed by atoms with Gasteiger partial charge in [0.05, 0.1) is 16.2 Å². The summed E-state index contributed by atoms with van der Waals surface area (Å²) in [6, 6.07) is 9.93. The molecule has 110 valence electrons. The summed E-state index contributed by atoms with van der Waals surface area (Å²) in [5, 5.41) is 10.9. The number of carboxylic acids is 1. The molecule has 7 heteroatoms.